The van der Waals surface area contributed by atoms with E-state index in [-0.39, 0.29) is 11.5 Å². The highest BCUT2D eigenvalue weighted by Crippen LogP contribution is 2.15. The number of nitrogens with zero attached hydrogens (tertiary/aromatic N) is 3. The van der Waals surface area contributed by atoms with Crippen LogP contribution in [-0.4, -0.2) is 68.7 Å². The zero-order chi connectivity index (χ0) is 17.8. The molecular weight excluding hydrogens is 304 g/mol. The average Bonchev–Trinajstić information content (AvgIpc) is 2.59. The third kappa shape index (κ3) is 7.80. The number of hydrogen-bond donors (Lipinski definition) is 1. The summed E-state index contributed by atoms with van der Waals surface area (Å²) in [5.41, 5.74) is 0.170. The minimum atomic E-state index is -0.300. The van der Waals surface area contributed by atoms with Gasteiger partial charge in [-0.15, -0.1) is 0 Å². The zero-order valence-corrected chi connectivity index (χ0v) is 15.4. The van der Waals surface area contributed by atoms with E-state index in [0.717, 1.165) is 51.8 Å². The van der Waals surface area contributed by atoms with Crippen molar-refractivity contribution in [3.05, 3.63) is 11.8 Å². The van der Waals surface area contributed by atoms with Gasteiger partial charge in [-0.1, -0.05) is 13.3 Å². The first-order valence-electron chi connectivity index (χ1n) is 8.96. The Hall–Kier alpha value is -1.58. The molecule has 1 rings (SSSR count). The van der Waals surface area contributed by atoms with Gasteiger partial charge in [0.05, 0.1) is 0 Å². The Bertz CT molecular complexity index is 437. The van der Waals surface area contributed by atoms with Gasteiger partial charge in [0.15, 0.2) is 0 Å². The van der Waals surface area contributed by atoms with E-state index in [0.29, 0.717) is 19.2 Å². The van der Waals surface area contributed by atoms with E-state index >= 15 is 0 Å². The number of nitriles is 1. The number of unbranched alkanes of at least 4 members (excludes halogenated alkanes) is 1. The van der Waals surface area contributed by atoms with E-state index < -0.39 is 0 Å². The topological polar surface area (TPSA) is 68.6 Å². The molecule has 0 aromatic heterocycles. The molecule has 1 N–H and O–H groups in total. The fraction of sp³-hybridized carbons (Fsp3) is 0.778. The first-order valence-corrected chi connectivity index (χ1v) is 8.96. The highest BCUT2D eigenvalue weighted by Gasteiger charge is 2.20. The fourth-order valence-corrected chi connectivity index (χ4v) is 2.67. The van der Waals surface area contributed by atoms with E-state index in [1.165, 1.54) is 0 Å². The lowest BCUT2D eigenvalue weighted by molar-refractivity contribution is -0.117. The summed E-state index contributed by atoms with van der Waals surface area (Å²) in [4.78, 5) is 16.4. The minimum Gasteiger partial charge on any atom is -0.381 e. The van der Waals surface area contributed by atoms with Gasteiger partial charge in [-0.25, -0.2) is 0 Å². The molecule has 1 fully saturated rings. The van der Waals surface area contributed by atoms with Crippen molar-refractivity contribution in [3.63, 3.8) is 0 Å². The number of hydrogen-bond acceptors (Lipinski definition) is 5. The van der Waals surface area contributed by atoms with Crippen LogP contribution >= 0.6 is 0 Å². The van der Waals surface area contributed by atoms with Gasteiger partial charge in [0.1, 0.15) is 11.6 Å². The van der Waals surface area contributed by atoms with Crippen molar-refractivity contribution in [2.24, 2.45) is 0 Å². The van der Waals surface area contributed by atoms with Crippen molar-refractivity contribution in [2.45, 2.75) is 45.1 Å². The largest absolute Gasteiger partial charge is 0.381 e. The zero-order valence-electron chi connectivity index (χ0n) is 15.4. The van der Waals surface area contributed by atoms with Gasteiger partial charge in [-0.2, -0.15) is 5.26 Å². The van der Waals surface area contributed by atoms with E-state index in [9.17, 15) is 10.1 Å². The van der Waals surface area contributed by atoms with Crippen LogP contribution in [0.15, 0.2) is 11.8 Å². The standard InChI is InChI=1S/C18H32N4O2/c1-4-5-12-24-13-6-9-20-18(23)16(14-19)15-22(3)17-7-10-21(2)11-8-17/h15,17H,4-13H2,1-3H3,(H,20,23)/b16-15-. The van der Waals surface area contributed by atoms with Crippen molar-refractivity contribution >= 4 is 5.91 Å². The maximum absolute atomic E-state index is 12.1. The number of ether oxygens (including phenoxy) is 1. The molecule has 24 heavy (non-hydrogen) atoms. The SMILES string of the molecule is CCCCOCCCNC(=O)/C(C#N)=C\N(C)C1CCN(C)CC1. The minimum absolute atomic E-state index is 0.170. The smallest absolute Gasteiger partial charge is 0.263 e. The highest BCUT2D eigenvalue weighted by molar-refractivity contribution is 5.97. The molecule has 0 aliphatic carbocycles. The molecule has 1 heterocycles. The van der Waals surface area contributed by atoms with Crippen LogP contribution in [0.25, 0.3) is 0 Å². The second-order valence-electron chi connectivity index (χ2n) is 6.43. The van der Waals surface area contributed by atoms with Gasteiger partial charge < -0.3 is 19.9 Å². The van der Waals surface area contributed by atoms with Gasteiger partial charge in [0.2, 0.25) is 0 Å². The van der Waals surface area contributed by atoms with Crippen LogP contribution in [0, 0.1) is 11.3 Å². The quantitative estimate of drug-likeness (QED) is 0.374. The maximum Gasteiger partial charge on any atom is 0.263 e. The Morgan fingerprint density at radius 2 is 2.04 bits per heavy atom. The van der Waals surface area contributed by atoms with Crippen LogP contribution in [0.2, 0.25) is 0 Å². The van der Waals surface area contributed by atoms with Gasteiger partial charge in [-0.3, -0.25) is 4.79 Å². The van der Waals surface area contributed by atoms with Crippen LogP contribution in [-0.2, 0) is 9.53 Å². The van der Waals surface area contributed by atoms with Gasteiger partial charge in [0, 0.05) is 39.0 Å². The van der Waals surface area contributed by atoms with Gasteiger partial charge >= 0.3 is 0 Å². The molecule has 0 atom stereocenters. The number of likely N-dealkylation sites (tertiary alicyclic amines) is 1. The van der Waals surface area contributed by atoms with E-state index in [1.54, 1.807) is 6.20 Å². The van der Waals surface area contributed by atoms with Crippen molar-refractivity contribution in [1.82, 2.24) is 15.1 Å². The summed E-state index contributed by atoms with van der Waals surface area (Å²) in [7, 11) is 4.06. The number of nitrogens with one attached hydrogen (secondary N) is 1. The Morgan fingerprint density at radius 1 is 1.38 bits per heavy atom. The third-order valence-electron chi connectivity index (χ3n) is 4.36. The molecule has 6 nitrogen and oxygen atoms in total. The molecule has 1 amide bonds. The van der Waals surface area contributed by atoms with Crippen LogP contribution in [0.1, 0.15) is 39.0 Å². The van der Waals surface area contributed by atoms with Crippen molar-refractivity contribution in [3.8, 4) is 6.07 Å². The molecule has 6 heteroatoms. The monoisotopic (exact) mass is 336 g/mol. The first-order chi connectivity index (χ1) is 11.6. The summed E-state index contributed by atoms with van der Waals surface area (Å²) in [6.45, 7) is 6.17. The molecule has 0 unspecified atom stereocenters. The van der Waals surface area contributed by atoms with Crippen LogP contribution in [0.4, 0.5) is 0 Å². The van der Waals surface area contributed by atoms with Crippen molar-refractivity contribution in [2.75, 3.05) is 46.9 Å². The summed E-state index contributed by atoms with van der Waals surface area (Å²) < 4.78 is 5.45. The molecule has 0 saturated carbocycles. The number of piperidine rings is 1. The Labute approximate surface area is 146 Å². The maximum atomic E-state index is 12.1. The summed E-state index contributed by atoms with van der Waals surface area (Å²) in [6.07, 6.45) is 6.74. The number of rotatable bonds is 10. The molecule has 0 radical (unpaired) electrons. The number of amides is 1. The second-order valence-corrected chi connectivity index (χ2v) is 6.43. The Kier molecular flexibility index (Phi) is 10.1. The summed E-state index contributed by atoms with van der Waals surface area (Å²) in [5, 5.41) is 12.0. The number of carbonyl (C=O) groups is 1. The number of carbonyl (C=O) groups excluding carboxylic acids is 1. The van der Waals surface area contributed by atoms with E-state index in [4.69, 9.17) is 4.74 Å². The van der Waals surface area contributed by atoms with Crippen LogP contribution in [0.3, 0.4) is 0 Å². The van der Waals surface area contributed by atoms with E-state index in [1.807, 2.05) is 18.0 Å². The lowest BCUT2D eigenvalue weighted by Gasteiger charge is -2.34. The molecule has 1 saturated heterocycles. The van der Waals surface area contributed by atoms with Crippen LogP contribution < -0.4 is 5.32 Å². The molecular formula is C18H32N4O2. The third-order valence-corrected chi connectivity index (χ3v) is 4.36. The molecule has 1 aliphatic heterocycles. The molecule has 0 spiro atoms. The van der Waals surface area contributed by atoms with Gasteiger partial charge in [0.25, 0.3) is 5.91 Å². The Balaban J connectivity index is 2.33. The van der Waals surface area contributed by atoms with Crippen molar-refractivity contribution in [1.29, 1.82) is 5.26 Å². The highest BCUT2D eigenvalue weighted by atomic mass is 16.5. The summed E-state index contributed by atoms with van der Waals surface area (Å²) >= 11 is 0. The Morgan fingerprint density at radius 3 is 2.67 bits per heavy atom. The predicted molar refractivity (Wildman–Crippen MR) is 95.3 cm³/mol. The van der Waals surface area contributed by atoms with Crippen molar-refractivity contribution < 1.29 is 9.53 Å². The molecule has 0 aromatic carbocycles. The van der Waals surface area contributed by atoms with E-state index in [2.05, 4.69) is 24.2 Å². The predicted octanol–water partition coefficient (Wildman–Crippen LogP) is 1.74. The second kappa shape index (κ2) is 11.9. The molecule has 1 aliphatic rings. The lowest BCUT2D eigenvalue weighted by atomic mass is 10.0. The lowest BCUT2D eigenvalue weighted by Crippen LogP contribution is -2.40. The molecule has 136 valence electrons. The van der Waals surface area contributed by atoms with Gasteiger partial charge in [-0.05, 0) is 45.8 Å². The molecule has 0 aromatic rings. The first kappa shape index (κ1) is 20.5. The average molecular weight is 336 g/mol. The fourth-order valence-electron chi connectivity index (χ4n) is 2.67. The normalized spacial score (nSPS) is 16.7. The summed E-state index contributed by atoms with van der Waals surface area (Å²) in [5.74, 6) is -0.300. The molecule has 0 bridgehead atoms. The van der Waals surface area contributed by atoms with Crippen LogP contribution in [0.5, 0.6) is 0 Å². The summed E-state index contributed by atoms with van der Waals surface area (Å²) in [6, 6.07) is 2.41.